The largest absolute Gasteiger partial charge is 0.433 e. The minimum atomic E-state index is -4.74. The number of hydrogen-bond donors (Lipinski definition) is 2. The molecule has 0 aliphatic heterocycles. The molecule has 2 aromatic heterocycles. The van der Waals surface area contributed by atoms with Gasteiger partial charge < -0.3 is 10.3 Å². The number of aromatic amines is 1. The van der Waals surface area contributed by atoms with Crippen molar-refractivity contribution < 1.29 is 18.0 Å². The molecule has 0 fully saturated rings. The molecule has 0 atom stereocenters. The third-order valence-corrected chi connectivity index (χ3v) is 3.99. The van der Waals surface area contributed by atoms with Crippen molar-refractivity contribution in [2.24, 2.45) is 0 Å². The first-order chi connectivity index (χ1) is 12.8. The summed E-state index contributed by atoms with van der Waals surface area (Å²) in [5.41, 5.74) is -1.10. The van der Waals surface area contributed by atoms with Gasteiger partial charge in [-0.05, 0) is 34.7 Å². The first-order valence-corrected chi connectivity index (χ1v) is 8.24. The summed E-state index contributed by atoms with van der Waals surface area (Å²) in [5, 5.41) is 13.0. The van der Waals surface area contributed by atoms with E-state index in [1.807, 2.05) is 0 Å². The molecule has 1 amide bonds. The van der Waals surface area contributed by atoms with Crippen LogP contribution in [-0.2, 0) is 11.0 Å². The Labute approximate surface area is 153 Å². The zero-order valence-electron chi connectivity index (χ0n) is 13.3. The summed E-state index contributed by atoms with van der Waals surface area (Å²) in [6.07, 6.45) is -3.33. The third-order valence-electron chi connectivity index (χ3n) is 3.11. The molecule has 3 rings (SSSR count). The van der Waals surface area contributed by atoms with E-state index in [9.17, 15) is 22.8 Å². The van der Waals surface area contributed by atoms with Crippen LogP contribution < -0.4 is 10.9 Å². The van der Waals surface area contributed by atoms with Crippen LogP contribution in [0.3, 0.4) is 0 Å². The fourth-order valence-corrected chi connectivity index (χ4v) is 2.63. The number of anilines is 1. The van der Waals surface area contributed by atoms with Crippen LogP contribution in [-0.4, -0.2) is 41.8 Å². The zero-order valence-corrected chi connectivity index (χ0v) is 14.1. The maximum Gasteiger partial charge on any atom is 0.433 e. The topological polar surface area (TPSA) is 118 Å². The smallest absolute Gasteiger partial charge is 0.325 e. The Morgan fingerprint density at radius 3 is 2.63 bits per heavy atom. The number of carbonyl (C=O) groups is 1. The molecule has 0 bridgehead atoms. The molecule has 1 aromatic carbocycles. The highest BCUT2D eigenvalue weighted by molar-refractivity contribution is 7.99. The maximum absolute atomic E-state index is 12.7. The Hall–Kier alpha value is -3.22. The van der Waals surface area contributed by atoms with Crippen LogP contribution in [0.1, 0.15) is 5.69 Å². The molecule has 9 nitrogen and oxygen atoms in total. The van der Waals surface area contributed by atoms with Crippen molar-refractivity contribution in [1.82, 2.24) is 30.2 Å². The number of carbonyl (C=O) groups excluding carboxylic acids is 1. The van der Waals surface area contributed by atoms with Crippen molar-refractivity contribution in [3.63, 3.8) is 0 Å². The lowest BCUT2D eigenvalue weighted by Gasteiger charge is -2.08. The molecule has 0 radical (unpaired) electrons. The Bertz CT molecular complexity index is 987. The van der Waals surface area contributed by atoms with Gasteiger partial charge in [0.1, 0.15) is 6.33 Å². The number of thioether (sulfide) groups is 1. The Balaban J connectivity index is 1.60. The van der Waals surface area contributed by atoms with Gasteiger partial charge in [0.2, 0.25) is 5.91 Å². The Morgan fingerprint density at radius 1 is 1.26 bits per heavy atom. The number of H-pyrrole nitrogens is 1. The van der Waals surface area contributed by atoms with Crippen LogP contribution in [0.25, 0.3) is 5.69 Å². The van der Waals surface area contributed by atoms with Gasteiger partial charge in [-0.1, -0.05) is 11.8 Å². The van der Waals surface area contributed by atoms with Crippen LogP contribution in [0.2, 0.25) is 0 Å². The van der Waals surface area contributed by atoms with Gasteiger partial charge in [-0.15, -0.1) is 5.10 Å². The number of halogens is 3. The standard InChI is InChI=1S/C14H10F3N7O2S/c15-14(16,17)10-5-11(25)21-13(20-10)27-6-12(26)19-8-1-3-9(4-2-8)24-7-18-22-23-24/h1-5,7H,6H2,(H,19,26)(H,20,21,25). The molecular weight excluding hydrogens is 387 g/mol. The lowest BCUT2D eigenvalue weighted by atomic mass is 10.3. The number of nitrogens with one attached hydrogen (secondary N) is 2. The molecule has 27 heavy (non-hydrogen) atoms. The number of nitrogens with zero attached hydrogens (tertiary/aromatic N) is 5. The van der Waals surface area contributed by atoms with E-state index in [0.29, 0.717) is 29.2 Å². The first-order valence-electron chi connectivity index (χ1n) is 7.26. The van der Waals surface area contributed by atoms with E-state index in [2.05, 4.69) is 30.8 Å². The van der Waals surface area contributed by atoms with Crippen LogP contribution in [0.4, 0.5) is 18.9 Å². The average Bonchev–Trinajstić information content (AvgIpc) is 3.14. The minimum Gasteiger partial charge on any atom is -0.325 e. The van der Waals surface area contributed by atoms with Crippen molar-refractivity contribution in [1.29, 1.82) is 0 Å². The van der Waals surface area contributed by atoms with Crippen LogP contribution in [0, 0.1) is 0 Å². The number of rotatable bonds is 5. The van der Waals surface area contributed by atoms with Crippen LogP contribution in [0.5, 0.6) is 0 Å². The summed E-state index contributed by atoms with van der Waals surface area (Å²) in [6, 6.07) is 6.93. The molecule has 2 heterocycles. The number of tetrazole rings is 1. The highest BCUT2D eigenvalue weighted by Gasteiger charge is 2.33. The summed E-state index contributed by atoms with van der Waals surface area (Å²) >= 11 is 0.684. The average molecular weight is 397 g/mol. The number of amides is 1. The van der Waals surface area contributed by atoms with E-state index in [-0.39, 0.29) is 10.9 Å². The van der Waals surface area contributed by atoms with E-state index in [1.165, 1.54) is 11.0 Å². The molecule has 3 aromatic rings. The molecule has 0 saturated carbocycles. The van der Waals surface area contributed by atoms with Crippen molar-refractivity contribution in [3.8, 4) is 5.69 Å². The maximum atomic E-state index is 12.7. The number of aromatic nitrogens is 6. The highest BCUT2D eigenvalue weighted by Crippen LogP contribution is 2.27. The third kappa shape index (κ3) is 4.91. The summed E-state index contributed by atoms with van der Waals surface area (Å²) in [5.74, 6) is -0.714. The monoisotopic (exact) mass is 397 g/mol. The second-order valence-electron chi connectivity index (χ2n) is 5.07. The summed E-state index contributed by atoms with van der Waals surface area (Å²) < 4.78 is 39.4. The molecular formula is C14H10F3N7O2S. The van der Waals surface area contributed by atoms with E-state index in [1.54, 1.807) is 24.3 Å². The van der Waals surface area contributed by atoms with Crippen LogP contribution >= 0.6 is 11.8 Å². The van der Waals surface area contributed by atoms with Crippen molar-refractivity contribution in [2.75, 3.05) is 11.1 Å². The predicted octanol–water partition coefficient (Wildman–Crippen LogP) is 1.50. The lowest BCUT2D eigenvalue weighted by Crippen LogP contribution is -2.18. The van der Waals surface area contributed by atoms with E-state index in [0.717, 1.165) is 0 Å². The molecule has 0 aliphatic carbocycles. The van der Waals surface area contributed by atoms with Gasteiger partial charge >= 0.3 is 6.18 Å². The Kier molecular flexibility index (Phi) is 5.21. The predicted molar refractivity (Wildman–Crippen MR) is 88.4 cm³/mol. The molecule has 140 valence electrons. The van der Waals surface area contributed by atoms with Gasteiger partial charge in [0.05, 0.1) is 11.4 Å². The highest BCUT2D eigenvalue weighted by atomic mass is 32.2. The molecule has 0 unspecified atom stereocenters. The number of hydrogen-bond acceptors (Lipinski definition) is 7. The van der Waals surface area contributed by atoms with Gasteiger partial charge in [-0.3, -0.25) is 9.59 Å². The Morgan fingerprint density at radius 2 is 2.00 bits per heavy atom. The molecule has 13 heteroatoms. The zero-order chi connectivity index (χ0) is 19.4. The first kappa shape index (κ1) is 18.6. The van der Waals surface area contributed by atoms with E-state index < -0.39 is 23.3 Å². The van der Waals surface area contributed by atoms with Crippen molar-refractivity contribution in [2.45, 2.75) is 11.3 Å². The second-order valence-corrected chi connectivity index (χ2v) is 6.04. The number of alkyl halides is 3. The van der Waals surface area contributed by atoms with Crippen molar-refractivity contribution >= 4 is 23.4 Å². The molecule has 0 spiro atoms. The summed E-state index contributed by atoms with van der Waals surface area (Å²) in [7, 11) is 0. The van der Waals surface area contributed by atoms with Gasteiger partial charge in [0.25, 0.3) is 5.56 Å². The fourth-order valence-electron chi connectivity index (χ4n) is 1.96. The normalized spacial score (nSPS) is 11.4. The second kappa shape index (κ2) is 7.57. The van der Waals surface area contributed by atoms with Crippen molar-refractivity contribution in [3.05, 3.63) is 52.7 Å². The summed E-state index contributed by atoms with van der Waals surface area (Å²) in [6.45, 7) is 0. The molecule has 2 N–H and O–H groups in total. The van der Waals surface area contributed by atoms with Gasteiger partial charge in [-0.25, -0.2) is 9.67 Å². The summed E-state index contributed by atoms with van der Waals surface area (Å²) in [4.78, 5) is 28.7. The SMILES string of the molecule is O=C(CSc1nc(C(F)(F)F)cc(=O)[nH]1)Nc1ccc(-n2cnnn2)cc1. The lowest BCUT2D eigenvalue weighted by molar-refractivity contribution is -0.141. The minimum absolute atomic E-state index is 0.237. The van der Waals surface area contributed by atoms with E-state index in [4.69, 9.17) is 0 Å². The van der Waals surface area contributed by atoms with Gasteiger partial charge in [-0.2, -0.15) is 13.2 Å². The van der Waals surface area contributed by atoms with E-state index >= 15 is 0 Å². The van der Waals surface area contributed by atoms with Gasteiger partial charge in [0, 0.05) is 11.8 Å². The fraction of sp³-hybridized carbons (Fsp3) is 0.143. The van der Waals surface area contributed by atoms with Gasteiger partial charge in [0.15, 0.2) is 10.9 Å². The number of benzene rings is 1. The quantitative estimate of drug-likeness (QED) is 0.495. The molecule has 0 aliphatic rings. The molecule has 0 saturated heterocycles. The van der Waals surface area contributed by atoms with Crippen LogP contribution in [0.15, 0.2) is 46.6 Å².